The lowest BCUT2D eigenvalue weighted by Crippen LogP contribution is -2.30. The first-order chi connectivity index (χ1) is 40.9. The van der Waals surface area contributed by atoms with Crippen LogP contribution in [-0.4, -0.2) is 96.7 Å². The Morgan fingerprint density at radius 3 is 0.894 bits per heavy atom. The van der Waals surface area contributed by atoms with Crippen molar-refractivity contribution in [1.82, 2.24) is 0 Å². The van der Waals surface area contributed by atoms with Crippen LogP contribution in [0.15, 0.2) is 0 Å². The van der Waals surface area contributed by atoms with E-state index in [-0.39, 0.29) is 25.7 Å². The van der Waals surface area contributed by atoms with E-state index in [2.05, 4.69) is 41.5 Å². The second kappa shape index (κ2) is 58.4. The monoisotopic (exact) mass is 1250 g/mol. The Bertz CT molecular complexity index is 1670. The highest BCUT2D eigenvalue weighted by atomic mass is 31.2. The third-order valence-electron chi connectivity index (χ3n) is 15.6. The summed E-state index contributed by atoms with van der Waals surface area (Å²) in [7, 11) is -9.89. The maximum absolute atomic E-state index is 13.0. The van der Waals surface area contributed by atoms with Gasteiger partial charge in [-0.1, -0.05) is 279 Å². The van der Waals surface area contributed by atoms with Crippen molar-refractivity contribution in [3.63, 3.8) is 0 Å². The second-order valence-electron chi connectivity index (χ2n) is 24.6. The van der Waals surface area contributed by atoms with E-state index in [1.807, 2.05) is 0 Å². The number of phosphoric ester groups is 2. The molecule has 0 aliphatic rings. The highest BCUT2D eigenvalue weighted by Gasteiger charge is 2.30. The van der Waals surface area contributed by atoms with Gasteiger partial charge in [0.05, 0.1) is 26.4 Å². The van der Waals surface area contributed by atoms with Crippen LogP contribution in [-0.2, 0) is 65.4 Å². The Hall–Kier alpha value is -1.94. The molecule has 504 valence electrons. The first-order valence-corrected chi connectivity index (χ1v) is 37.5. The lowest BCUT2D eigenvalue weighted by atomic mass is 9.99. The molecule has 17 nitrogen and oxygen atoms in total. The van der Waals surface area contributed by atoms with Gasteiger partial charge in [-0.05, 0) is 37.5 Å². The van der Waals surface area contributed by atoms with E-state index in [0.29, 0.717) is 25.7 Å². The summed E-state index contributed by atoms with van der Waals surface area (Å²) in [6.45, 7) is 9.49. The number of aliphatic hydroxyl groups is 1. The molecule has 0 saturated heterocycles. The van der Waals surface area contributed by atoms with E-state index in [4.69, 9.17) is 37.0 Å². The number of hydrogen-bond acceptors (Lipinski definition) is 15. The normalized spacial score (nSPS) is 14.6. The Morgan fingerprint density at radius 2 is 0.600 bits per heavy atom. The second-order valence-corrected chi connectivity index (χ2v) is 27.5. The summed E-state index contributed by atoms with van der Waals surface area (Å²) in [5, 5.41) is 10.5. The van der Waals surface area contributed by atoms with Crippen LogP contribution in [0.3, 0.4) is 0 Å². The van der Waals surface area contributed by atoms with Gasteiger partial charge in [0.15, 0.2) is 12.2 Å². The SMILES string of the molecule is CCCCCCCCCCCCC(=O)O[C@H](COC(=O)CCCCCCCCCCC)COP(=O)(O)OC[C@H](O)COP(=O)(O)OC[C@@H](COC(=O)CCCCCCCCCCC(C)CC)OC(=O)CCCCCCCCCCCCCC(C)C. The van der Waals surface area contributed by atoms with Crippen LogP contribution in [0.1, 0.15) is 330 Å². The van der Waals surface area contributed by atoms with Crippen LogP contribution in [0.4, 0.5) is 0 Å². The van der Waals surface area contributed by atoms with Crippen molar-refractivity contribution in [2.75, 3.05) is 39.6 Å². The van der Waals surface area contributed by atoms with Crippen molar-refractivity contribution < 1.29 is 80.2 Å². The molecule has 0 bridgehead atoms. The van der Waals surface area contributed by atoms with Crippen LogP contribution in [0, 0.1) is 11.8 Å². The van der Waals surface area contributed by atoms with Crippen LogP contribution in [0.25, 0.3) is 0 Å². The largest absolute Gasteiger partial charge is 0.472 e. The number of aliphatic hydroxyl groups excluding tert-OH is 1. The lowest BCUT2D eigenvalue weighted by molar-refractivity contribution is -0.161. The van der Waals surface area contributed by atoms with Crippen molar-refractivity contribution in [3.8, 4) is 0 Å². The number of unbranched alkanes of at least 4 members (excludes halogenated alkanes) is 34. The molecule has 3 unspecified atom stereocenters. The fourth-order valence-corrected chi connectivity index (χ4v) is 11.4. The molecule has 3 N–H and O–H groups in total. The summed E-state index contributed by atoms with van der Waals surface area (Å²) in [5.74, 6) is -0.588. The standard InChI is InChI=1S/C66H128O17P2/c1-7-10-12-14-16-18-24-32-38-44-50-65(70)82-61(54-76-63(68)48-42-36-30-22-17-15-13-11-8-2)56-80-84(72,73)78-52-60(67)53-79-85(74,75)81-57-62(55-77-64(69)49-43-37-31-27-26-29-35-41-47-59(6)9-3)83-66(71)51-45-39-33-25-21-19-20-23-28-34-40-46-58(4)5/h58-62,67H,7-57H2,1-6H3,(H,72,73)(H,74,75)/t59?,60-,61+,62+/m0/s1. The Labute approximate surface area is 517 Å². The van der Waals surface area contributed by atoms with E-state index in [1.54, 1.807) is 0 Å². The van der Waals surface area contributed by atoms with Gasteiger partial charge in [0.1, 0.15) is 19.3 Å². The van der Waals surface area contributed by atoms with Gasteiger partial charge in [0, 0.05) is 25.7 Å². The third-order valence-corrected chi connectivity index (χ3v) is 17.5. The number of esters is 4. The highest BCUT2D eigenvalue weighted by Crippen LogP contribution is 2.45. The van der Waals surface area contributed by atoms with E-state index < -0.39 is 97.5 Å². The van der Waals surface area contributed by atoms with Crippen LogP contribution in [0.2, 0.25) is 0 Å². The van der Waals surface area contributed by atoms with Gasteiger partial charge in [-0.3, -0.25) is 37.3 Å². The van der Waals surface area contributed by atoms with E-state index in [9.17, 15) is 43.2 Å². The van der Waals surface area contributed by atoms with Crippen LogP contribution >= 0.6 is 15.6 Å². The molecule has 0 radical (unpaired) electrons. The van der Waals surface area contributed by atoms with Crippen molar-refractivity contribution in [3.05, 3.63) is 0 Å². The third kappa shape index (κ3) is 59.5. The molecule has 0 aliphatic heterocycles. The molecule has 0 saturated carbocycles. The Morgan fingerprint density at radius 1 is 0.341 bits per heavy atom. The zero-order chi connectivity index (χ0) is 62.9. The molecule has 0 amide bonds. The lowest BCUT2D eigenvalue weighted by Gasteiger charge is -2.21. The molecule has 0 aromatic heterocycles. The fraction of sp³-hybridized carbons (Fsp3) is 0.939. The first-order valence-electron chi connectivity index (χ1n) is 34.5. The van der Waals surface area contributed by atoms with Gasteiger partial charge < -0.3 is 33.8 Å². The summed E-state index contributed by atoms with van der Waals surface area (Å²) >= 11 is 0. The van der Waals surface area contributed by atoms with E-state index in [1.165, 1.54) is 148 Å². The molecular weight excluding hydrogens is 1130 g/mol. The van der Waals surface area contributed by atoms with E-state index >= 15 is 0 Å². The minimum Gasteiger partial charge on any atom is -0.462 e. The summed E-state index contributed by atoms with van der Waals surface area (Å²) in [6, 6.07) is 0. The van der Waals surface area contributed by atoms with Gasteiger partial charge in [0.25, 0.3) is 0 Å². The summed E-state index contributed by atoms with van der Waals surface area (Å²) in [5.41, 5.74) is 0. The van der Waals surface area contributed by atoms with Gasteiger partial charge in [-0.2, -0.15) is 0 Å². The summed E-state index contributed by atoms with van der Waals surface area (Å²) in [6.07, 6.45) is 41.5. The minimum absolute atomic E-state index is 0.106. The molecule has 0 aromatic rings. The van der Waals surface area contributed by atoms with Crippen molar-refractivity contribution in [2.45, 2.75) is 349 Å². The maximum atomic E-state index is 13.0. The molecule has 0 rings (SSSR count). The number of hydrogen-bond donors (Lipinski definition) is 3. The number of ether oxygens (including phenoxy) is 4. The van der Waals surface area contributed by atoms with Crippen molar-refractivity contribution in [1.29, 1.82) is 0 Å². The average molecular weight is 1260 g/mol. The van der Waals surface area contributed by atoms with Crippen LogP contribution < -0.4 is 0 Å². The Kier molecular flexibility index (Phi) is 57.1. The van der Waals surface area contributed by atoms with Crippen molar-refractivity contribution in [2.24, 2.45) is 11.8 Å². The molecular formula is C66H128O17P2. The molecule has 0 fully saturated rings. The molecule has 0 heterocycles. The van der Waals surface area contributed by atoms with Gasteiger partial charge in [-0.15, -0.1) is 0 Å². The molecule has 19 heteroatoms. The van der Waals surface area contributed by atoms with Crippen LogP contribution in [0.5, 0.6) is 0 Å². The van der Waals surface area contributed by atoms with Gasteiger partial charge in [0.2, 0.25) is 0 Å². The maximum Gasteiger partial charge on any atom is 0.472 e. The summed E-state index contributed by atoms with van der Waals surface area (Å²) < 4.78 is 68.1. The van der Waals surface area contributed by atoms with E-state index in [0.717, 1.165) is 102 Å². The minimum atomic E-state index is -4.95. The zero-order valence-electron chi connectivity index (χ0n) is 54.9. The Balaban J connectivity index is 5.24. The van der Waals surface area contributed by atoms with Gasteiger partial charge >= 0.3 is 39.5 Å². The molecule has 0 spiro atoms. The quantitative estimate of drug-likeness (QED) is 0.0222. The number of carbonyl (C=O) groups is 4. The smallest absolute Gasteiger partial charge is 0.462 e. The molecule has 85 heavy (non-hydrogen) atoms. The molecule has 6 atom stereocenters. The zero-order valence-corrected chi connectivity index (χ0v) is 56.7. The number of carbonyl (C=O) groups excluding carboxylic acids is 4. The topological polar surface area (TPSA) is 237 Å². The number of rotatable bonds is 65. The summed E-state index contributed by atoms with van der Waals surface area (Å²) in [4.78, 5) is 72.3. The molecule has 0 aliphatic carbocycles. The predicted octanol–water partition coefficient (Wildman–Crippen LogP) is 18.4. The van der Waals surface area contributed by atoms with Crippen molar-refractivity contribution >= 4 is 39.5 Å². The fourth-order valence-electron chi connectivity index (χ4n) is 9.85. The first kappa shape index (κ1) is 83.1. The average Bonchev–Trinajstić information content (AvgIpc) is 3.59. The predicted molar refractivity (Wildman–Crippen MR) is 340 cm³/mol. The molecule has 0 aromatic carbocycles. The number of phosphoric acid groups is 2. The van der Waals surface area contributed by atoms with Gasteiger partial charge in [-0.25, -0.2) is 9.13 Å². The highest BCUT2D eigenvalue weighted by molar-refractivity contribution is 7.47.